The third kappa shape index (κ3) is 6.46. The van der Waals surface area contributed by atoms with Crippen LogP contribution in [0.5, 0.6) is 0 Å². The molecule has 1 aromatic carbocycles. The van der Waals surface area contributed by atoms with Crippen LogP contribution in [0, 0.1) is 17.0 Å². The van der Waals surface area contributed by atoms with Crippen LogP contribution in [0.25, 0.3) is 0 Å². The molecular formula is C18H23ClF2N2O4. The second-order valence-corrected chi connectivity index (χ2v) is 7.27. The van der Waals surface area contributed by atoms with Gasteiger partial charge in [-0.3, -0.25) is 0 Å². The number of ether oxygens (including phenoxy) is 2. The Morgan fingerprint density at radius 2 is 1.89 bits per heavy atom. The van der Waals surface area contributed by atoms with Crippen molar-refractivity contribution in [1.29, 1.82) is 5.41 Å². The van der Waals surface area contributed by atoms with E-state index in [1.807, 2.05) is 0 Å². The van der Waals surface area contributed by atoms with Crippen LogP contribution in [0.2, 0.25) is 5.02 Å². The highest BCUT2D eigenvalue weighted by Gasteiger charge is 2.26. The number of alkyl carbamates (subject to hydrolysis) is 1. The van der Waals surface area contributed by atoms with Crippen molar-refractivity contribution >= 4 is 29.4 Å². The van der Waals surface area contributed by atoms with Crippen molar-refractivity contribution in [2.75, 3.05) is 6.61 Å². The predicted octanol–water partition coefficient (Wildman–Crippen LogP) is 4.47. The zero-order chi connectivity index (χ0) is 20.9. The van der Waals surface area contributed by atoms with Gasteiger partial charge in [0.25, 0.3) is 0 Å². The summed E-state index contributed by atoms with van der Waals surface area (Å²) in [7, 11) is 0. The number of benzene rings is 1. The number of halogens is 3. The summed E-state index contributed by atoms with van der Waals surface area (Å²) in [4.78, 5) is 23.4. The molecule has 0 saturated heterocycles. The molecule has 0 bridgehead atoms. The molecule has 1 atom stereocenters. The van der Waals surface area contributed by atoms with E-state index < -0.39 is 46.5 Å². The summed E-state index contributed by atoms with van der Waals surface area (Å²) in [5, 5.41) is 10.2. The van der Waals surface area contributed by atoms with Crippen LogP contribution in [0.1, 0.15) is 57.0 Å². The normalized spacial score (nSPS) is 12.3. The fourth-order valence-corrected chi connectivity index (χ4v) is 2.50. The molecule has 0 heterocycles. The fraction of sp³-hybridized carbons (Fsp3) is 0.500. The van der Waals surface area contributed by atoms with Crippen molar-refractivity contribution in [1.82, 2.24) is 5.32 Å². The highest BCUT2D eigenvalue weighted by Crippen LogP contribution is 2.27. The number of hydrogen-bond acceptors (Lipinski definition) is 5. The first kappa shape index (κ1) is 22.8. The summed E-state index contributed by atoms with van der Waals surface area (Å²) in [6.45, 7) is 8.18. The van der Waals surface area contributed by atoms with Gasteiger partial charge in [0.1, 0.15) is 5.60 Å². The van der Waals surface area contributed by atoms with E-state index in [0.29, 0.717) is 0 Å². The Balaban J connectivity index is 2.96. The number of nitrogens with one attached hydrogen (secondary N) is 2. The van der Waals surface area contributed by atoms with Gasteiger partial charge >= 0.3 is 12.1 Å². The molecule has 1 aromatic rings. The van der Waals surface area contributed by atoms with E-state index in [0.717, 1.165) is 6.07 Å². The Kier molecular flexibility index (Phi) is 7.71. The van der Waals surface area contributed by atoms with Crippen LogP contribution in [0.3, 0.4) is 0 Å². The van der Waals surface area contributed by atoms with Gasteiger partial charge in [-0.15, -0.1) is 0 Å². The molecule has 0 aromatic heterocycles. The highest BCUT2D eigenvalue weighted by atomic mass is 35.5. The fourth-order valence-electron chi connectivity index (χ4n) is 2.20. The molecule has 0 aliphatic heterocycles. The van der Waals surface area contributed by atoms with Gasteiger partial charge in [0.05, 0.1) is 22.8 Å². The molecule has 27 heavy (non-hydrogen) atoms. The molecule has 1 unspecified atom stereocenters. The Bertz CT molecular complexity index is 748. The van der Waals surface area contributed by atoms with Crippen LogP contribution in [-0.2, 0) is 9.47 Å². The third-order valence-electron chi connectivity index (χ3n) is 3.23. The lowest BCUT2D eigenvalue weighted by Gasteiger charge is -2.22. The molecule has 0 spiro atoms. The van der Waals surface area contributed by atoms with Gasteiger partial charge in [-0.2, -0.15) is 0 Å². The van der Waals surface area contributed by atoms with Gasteiger partial charge in [0.15, 0.2) is 11.6 Å². The van der Waals surface area contributed by atoms with E-state index in [-0.39, 0.29) is 23.8 Å². The minimum atomic E-state index is -1.44. The third-order valence-corrected chi connectivity index (χ3v) is 3.53. The van der Waals surface area contributed by atoms with Crippen molar-refractivity contribution in [3.05, 3.63) is 33.9 Å². The van der Waals surface area contributed by atoms with E-state index in [9.17, 15) is 18.4 Å². The first-order valence-electron chi connectivity index (χ1n) is 8.29. The Morgan fingerprint density at radius 1 is 1.30 bits per heavy atom. The minimum absolute atomic E-state index is 0.0110. The quantitative estimate of drug-likeness (QED) is 0.416. The van der Waals surface area contributed by atoms with Gasteiger partial charge in [0, 0.05) is 18.2 Å². The van der Waals surface area contributed by atoms with Gasteiger partial charge < -0.3 is 20.2 Å². The first-order chi connectivity index (χ1) is 12.4. The summed E-state index contributed by atoms with van der Waals surface area (Å²) in [5.74, 6) is -3.90. The van der Waals surface area contributed by atoms with E-state index >= 15 is 0 Å². The zero-order valence-corrected chi connectivity index (χ0v) is 16.6. The molecule has 2 N–H and O–H groups in total. The zero-order valence-electron chi connectivity index (χ0n) is 15.8. The number of hydrogen-bond donors (Lipinski definition) is 2. The lowest BCUT2D eigenvalue weighted by Crippen LogP contribution is -2.38. The van der Waals surface area contributed by atoms with E-state index in [1.165, 1.54) is 6.92 Å². The Hall–Kier alpha value is -2.22. The van der Waals surface area contributed by atoms with E-state index in [4.69, 9.17) is 21.7 Å². The number of esters is 1. The van der Waals surface area contributed by atoms with Crippen molar-refractivity contribution in [3.63, 3.8) is 0 Å². The maximum Gasteiger partial charge on any atom is 0.407 e. The minimum Gasteiger partial charge on any atom is -0.462 e. The predicted molar refractivity (Wildman–Crippen MR) is 97.6 cm³/mol. The summed E-state index contributed by atoms with van der Waals surface area (Å²) in [5.41, 5.74) is -2.15. The largest absolute Gasteiger partial charge is 0.462 e. The van der Waals surface area contributed by atoms with Gasteiger partial charge in [-0.1, -0.05) is 11.6 Å². The van der Waals surface area contributed by atoms with Gasteiger partial charge in [0.2, 0.25) is 0 Å². The van der Waals surface area contributed by atoms with Crippen LogP contribution in [-0.4, -0.2) is 36.0 Å². The molecule has 0 saturated carbocycles. The second kappa shape index (κ2) is 9.12. The molecule has 9 heteroatoms. The van der Waals surface area contributed by atoms with E-state index in [2.05, 4.69) is 10.1 Å². The average molecular weight is 405 g/mol. The first-order valence-corrected chi connectivity index (χ1v) is 8.67. The number of carbonyl (C=O) groups is 2. The standard InChI is InChI=1S/C18H23ClF2N2O4/c1-6-26-16(24)10-8-11(19)13(15(21)14(10)20)12(22)7-9(2)23-17(25)27-18(3,4)5/h8-9,22H,6-7H2,1-5H3,(H,23,25). The molecular weight excluding hydrogens is 382 g/mol. The van der Waals surface area contributed by atoms with Crippen molar-refractivity contribution < 1.29 is 27.8 Å². The monoisotopic (exact) mass is 404 g/mol. The second-order valence-electron chi connectivity index (χ2n) is 6.86. The molecule has 0 aliphatic rings. The summed E-state index contributed by atoms with van der Waals surface area (Å²) >= 11 is 5.95. The van der Waals surface area contributed by atoms with Gasteiger partial charge in [-0.05, 0) is 40.7 Å². The van der Waals surface area contributed by atoms with Crippen molar-refractivity contribution in [2.24, 2.45) is 0 Å². The van der Waals surface area contributed by atoms with E-state index in [1.54, 1.807) is 27.7 Å². The summed E-state index contributed by atoms with van der Waals surface area (Å²) in [6, 6.07) is 0.323. The average Bonchev–Trinajstić information content (AvgIpc) is 2.48. The summed E-state index contributed by atoms with van der Waals surface area (Å²) < 4.78 is 38.3. The topological polar surface area (TPSA) is 88.5 Å². The lowest BCUT2D eigenvalue weighted by atomic mass is 10.0. The molecule has 1 amide bonds. The Labute approximate surface area is 161 Å². The van der Waals surface area contributed by atoms with Crippen molar-refractivity contribution in [2.45, 2.75) is 52.7 Å². The number of carbonyl (C=O) groups excluding carboxylic acids is 2. The lowest BCUT2D eigenvalue weighted by molar-refractivity contribution is 0.0502. The number of amides is 1. The van der Waals surface area contributed by atoms with Crippen LogP contribution >= 0.6 is 11.6 Å². The van der Waals surface area contributed by atoms with Gasteiger partial charge in [-0.25, -0.2) is 18.4 Å². The molecule has 0 fully saturated rings. The molecule has 150 valence electrons. The van der Waals surface area contributed by atoms with Crippen LogP contribution in [0.4, 0.5) is 13.6 Å². The summed E-state index contributed by atoms with van der Waals surface area (Å²) in [6.07, 6.45) is -0.827. The SMILES string of the molecule is CCOC(=O)c1cc(Cl)c(C(=N)CC(C)NC(=O)OC(C)(C)C)c(F)c1F. The molecule has 1 rings (SSSR count). The maximum absolute atomic E-state index is 14.4. The molecule has 0 aliphatic carbocycles. The number of rotatable bonds is 6. The maximum atomic E-state index is 14.4. The van der Waals surface area contributed by atoms with Crippen molar-refractivity contribution in [3.8, 4) is 0 Å². The van der Waals surface area contributed by atoms with Crippen LogP contribution < -0.4 is 5.32 Å². The Morgan fingerprint density at radius 3 is 2.41 bits per heavy atom. The van der Waals surface area contributed by atoms with Crippen LogP contribution in [0.15, 0.2) is 6.07 Å². The highest BCUT2D eigenvalue weighted by molar-refractivity contribution is 6.34. The molecule has 0 radical (unpaired) electrons. The smallest absolute Gasteiger partial charge is 0.407 e. The molecule has 6 nitrogen and oxygen atoms in total.